The Hall–Kier alpha value is -0.260. The standard InChI is InChI=1S/C10H21NO3S/c1-4-14-9(13)5-8(12)6-15-7-10(2,3)11/h8,12H,4-7,11H2,1-3H3. The Morgan fingerprint density at radius 1 is 1.60 bits per heavy atom. The minimum atomic E-state index is -0.642. The molecule has 0 saturated carbocycles. The lowest BCUT2D eigenvalue weighted by Crippen LogP contribution is -2.35. The quantitative estimate of drug-likeness (QED) is 0.638. The van der Waals surface area contributed by atoms with Crippen molar-refractivity contribution in [3.05, 3.63) is 0 Å². The van der Waals surface area contributed by atoms with E-state index in [0.29, 0.717) is 12.4 Å². The number of hydrogen-bond acceptors (Lipinski definition) is 5. The number of rotatable bonds is 7. The van der Waals surface area contributed by atoms with Gasteiger partial charge in [0.15, 0.2) is 0 Å². The van der Waals surface area contributed by atoms with E-state index in [-0.39, 0.29) is 17.9 Å². The van der Waals surface area contributed by atoms with Gasteiger partial charge in [-0.2, -0.15) is 11.8 Å². The Labute approximate surface area is 95.6 Å². The van der Waals surface area contributed by atoms with E-state index < -0.39 is 6.10 Å². The fourth-order valence-electron chi connectivity index (χ4n) is 0.929. The van der Waals surface area contributed by atoms with Gasteiger partial charge in [0.1, 0.15) is 0 Å². The van der Waals surface area contributed by atoms with Gasteiger partial charge in [-0.15, -0.1) is 0 Å². The van der Waals surface area contributed by atoms with Crippen molar-refractivity contribution in [2.24, 2.45) is 5.73 Å². The van der Waals surface area contributed by atoms with Crippen LogP contribution in [0.15, 0.2) is 0 Å². The van der Waals surface area contributed by atoms with Gasteiger partial charge in [-0.25, -0.2) is 0 Å². The van der Waals surface area contributed by atoms with E-state index in [1.165, 1.54) is 0 Å². The number of thioether (sulfide) groups is 1. The zero-order valence-electron chi connectivity index (χ0n) is 9.66. The molecule has 0 aliphatic carbocycles. The molecule has 3 N–H and O–H groups in total. The van der Waals surface area contributed by atoms with E-state index in [4.69, 9.17) is 10.5 Å². The van der Waals surface area contributed by atoms with Crippen LogP contribution in [-0.4, -0.2) is 40.8 Å². The summed E-state index contributed by atoms with van der Waals surface area (Å²) in [6, 6.07) is 0. The van der Waals surface area contributed by atoms with Gasteiger partial charge in [0.2, 0.25) is 0 Å². The average molecular weight is 235 g/mol. The molecular weight excluding hydrogens is 214 g/mol. The van der Waals surface area contributed by atoms with Gasteiger partial charge in [0, 0.05) is 17.0 Å². The molecule has 1 atom stereocenters. The van der Waals surface area contributed by atoms with E-state index >= 15 is 0 Å². The van der Waals surface area contributed by atoms with Crippen molar-refractivity contribution in [2.75, 3.05) is 18.1 Å². The lowest BCUT2D eigenvalue weighted by molar-refractivity contribution is -0.144. The maximum absolute atomic E-state index is 11.0. The Balaban J connectivity index is 3.57. The van der Waals surface area contributed by atoms with Crippen molar-refractivity contribution in [1.82, 2.24) is 0 Å². The molecule has 5 heteroatoms. The highest BCUT2D eigenvalue weighted by molar-refractivity contribution is 7.99. The molecule has 0 amide bonds. The number of hydrogen-bond donors (Lipinski definition) is 2. The highest BCUT2D eigenvalue weighted by atomic mass is 32.2. The van der Waals surface area contributed by atoms with Gasteiger partial charge >= 0.3 is 5.97 Å². The van der Waals surface area contributed by atoms with E-state index in [1.54, 1.807) is 18.7 Å². The van der Waals surface area contributed by atoms with Crippen molar-refractivity contribution in [1.29, 1.82) is 0 Å². The Bertz CT molecular complexity index is 192. The molecule has 0 saturated heterocycles. The van der Waals surface area contributed by atoms with Crippen LogP contribution in [0.1, 0.15) is 27.2 Å². The van der Waals surface area contributed by atoms with Crippen molar-refractivity contribution in [2.45, 2.75) is 38.8 Å². The predicted octanol–water partition coefficient (Wildman–Crippen LogP) is 0.771. The van der Waals surface area contributed by atoms with Crippen LogP contribution in [0.5, 0.6) is 0 Å². The summed E-state index contributed by atoms with van der Waals surface area (Å²) in [7, 11) is 0. The van der Waals surface area contributed by atoms with Crippen LogP contribution in [0.25, 0.3) is 0 Å². The molecule has 0 aromatic heterocycles. The molecule has 0 rings (SSSR count). The number of carbonyl (C=O) groups excluding carboxylic acids is 1. The first-order chi connectivity index (χ1) is 6.85. The maximum Gasteiger partial charge on any atom is 0.308 e. The SMILES string of the molecule is CCOC(=O)CC(O)CSCC(C)(C)N. The van der Waals surface area contributed by atoms with Gasteiger partial charge in [0.25, 0.3) is 0 Å². The first kappa shape index (κ1) is 14.7. The summed E-state index contributed by atoms with van der Waals surface area (Å²) in [5.74, 6) is 0.921. The largest absolute Gasteiger partial charge is 0.466 e. The van der Waals surface area contributed by atoms with Crippen LogP contribution in [0.4, 0.5) is 0 Å². The molecule has 0 aromatic rings. The van der Waals surface area contributed by atoms with Crippen LogP contribution < -0.4 is 5.73 Å². The third-order valence-corrected chi connectivity index (χ3v) is 3.06. The Kier molecular flexibility index (Phi) is 6.96. The minimum Gasteiger partial charge on any atom is -0.466 e. The smallest absolute Gasteiger partial charge is 0.308 e. The number of aliphatic hydroxyl groups excluding tert-OH is 1. The van der Waals surface area contributed by atoms with Crippen LogP contribution in [0.2, 0.25) is 0 Å². The molecule has 15 heavy (non-hydrogen) atoms. The normalized spacial score (nSPS) is 13.7. The molecule has 0 spiro atoms. The molecule has 0 fully saturated rings. The summed E-state index contributed by atoms with van der Waals surface area (Å²) in [4.78, 5) is 11.0. The molecule has 90 valence electrons. The average Bonchev–Trinajstić information content (AvgIpc) is 2.01. The monoisotopic (exact) mass is 235 g/mol. The van der Waals surface area contributed by atoms with Gasteiger partial charge < -0.3 is 15.6 Å². The topological polar surface area (TPSA) is 72.5 Å². The zero-order chi connectivity index (χ0) is 11.9. The second-order valence-corrected chi connectivity index (χ2v) is 5.20. The summed E-state index contributed by atoms with van der Waals surface area (Å²) in [6.45, 7) is 5.96. The summed E-state index contributed by atoms with van der Waals surface area (Å²) < 4.78 is 4.73. The number of nitrogens with two attached hydrogens (primary N) is 1. The van der Waals surface area contributed by atoms with E-state index in [2.05, 4.69) is 0 Å². The van der Waals surface area contributed by atoms with Gasteiger partial charge in [-0.1, -0.05) is 0 Å². The third kappa shape index (κ3) is 10.0. The second-order valence-electron chi connectivity index (χ2n) is 4.17. The van der Waals surface area contributed by atoms with Gasteiger partial charge in [-0.05, 0) is 20.8 Å². The Morgan fingerprint density at radius 3 is 2.67 bits per heavy atom. The first-order valence-electron chi connectivity index (χ1n) is 5.05. The summed E-state index contributed by atoms with van der Waals surface area (Å²) in [5, 5.41) is 9.48. The predicted molar refractivity (Wildman–Crippen MR) is 62.8 cm³/mol. The van der Waals surface area contributed by atoms with Gasteiger partial charge in [0.05, 0.1) is 19.1 Å². The first-order valence-corrected chi connectivity index (χ1v) is 6.21. The third-order valence-electron chi connectivity index (χ3n) is 1.49. The van der Waals surface area contributed by atoms with Crippen molar-refractivity contribution < 1.29 is 14.6 Å². The number of aliphatic hydroxyl groups is 1. The lowest BCUT2D eigenvalue weighted by atomic mass is 10.1. The molecule has 0 heterocycles. The molecule has 4 nitrogen and oxygen atoms in total. The molecule has 0 bridgehead atoms. The summed E-state index contributed by atoms with van der Waals surface area (Å²) in [5.41, 5.74) is 5.53. The fourth-order valence-corrected chi connectivity index (χ4v) is 1.96. The minimum absolute atomic E-state index is 0.0613. The number of carbonyl (C=O) groups is 1. The van der Waals surface area contributed by atoms with Crippen LogP contribution in [0, 0.1) is 0 Å². The molecule has 0 aliphatic rings. The Morgan fingerprint density at radius 2 is 2.20 bits per heavy atom. The van der Waals surface area contributed by atoms with E-state index in [0.717, 1.165) is 5.75 Å². The van der Waals surface area contributed by atoms with E-state index in [1.807, 2.05) is 13.8 Å². The highest BCUT2D eigenvalue weighted by Gasteiger charge is 2.15. The molecule has 0 aliphatic heterocycles. The summed E-state index contributed by atoms with van der Waals surface area (Å²) >= 11 is 1.55. The maximum atomic E-state index is 11.0. The van der Waals surface area contributed by atoms with Crippen LogP contribution in [0.3, 0.4) is 0 Å². The molecule has 0 radical (unpaired) electrons. The van der Waals surface area contributed by atoms with E-state index in [9.17, 15) is 9.90 Å². The summed E-state index contributed by atoms with van der Waals surface area (Å²) in [6.07, 6.45) is -0.581. The number of ether oxygens (including phenoxy) is 1. The number of esters is 1. The zero-order valence-corrected chi connectivity index (χ0v) is 10.5. The second kappa shape index (κ2) is 7.09. The van der Waals surface area contributed by atoms with Gasteiger partial charge in [-0.3, -0.25) is 4.79 Å². The highest BCUT2D eigenvalue weighted by Crippen LogP contribution is 2.12. The molecule has 0 aromatic carbocycles. The van der Waals surface area contributed by atoms with Crippen LogP contribution >= 0.6 is 11.8 Å². The van der Waals surface area contributed by atoms with Crippen LogP contribution in [-0.2, 0) is 9.53 Å². The fraction of sp³-hybridized carbons (Fsp3) is 0.900. The van der Waals surface area contributed by atoms with Crippen molar-refractivity contribution >= 4 is 17.7 Å². The van der Waals surface area contributed by atoms with Crippen molar-refractivity contribution in [3.63, 3.8) is 0 Å². The molecule has 1 unspecified atom stereocenters. The van der Waals surface area contributed by atoms with Crippen molar-refractivity contribution in [3.8, 4) is 0 Å². The molecular formula is C10H21NO3S. The lowest BCUT2D eigenvalue weighted by Gasteiger charge is -2.18.